The van der Waals surface area contributed by atoms with Crippen molar-refractivity contribution in [1.82, 2.24) is 4.98 Å². The van der Waals surface area contributed by atoms with Crippen LogP contribution in [0.3, 0.4) is 0 Å². The number of nitrogens with two attached hydrogens (primary N) is 1. The smallest absolute Gasteiger partial charge is 0.159 e. The maximum absolute atomic E-state index is 13.3. The van der Waals surface area contributed by atoms with Gasteiger partial charge in [0.15, 0.2) is 11.6 Å². The zero-order chi connectivity index (χ0) is 14.1. The molecule has 0 aliphatic carbocycles. The Bertz CT molecular complexity index is 762. The second-order valence-corrected chi connectivity index (χ2v) is 4.74. The van der Waals surface area contributed by atoms with Crippen molar-refractivity contribution >= 4 is 10.9 Å². The van der Waals surface area contributed by atoms with Crippen LogP contribution in [-0.2, 0) is 6.42 Å². The number of aromatic amines is 1. The zero-order valence-corrected chi connectivity index (χ0v) is 10.8. The fraction of sp³-hybridized carbons (Fsp3) is 0.125. The molecule has 0 fully saturated rings. The third-order valence-corrected chi connectivity index (χ3v) is 3.43. The molecule has 20 heavy (non-hydrogen) atoms. The number of H-pyrrole nitrogens is 1. The molecule has 4 heteroatoms. The Labute approximate surface area is 115 Å². The molecule has 102 valence electrons. The molecule has 2 nitrogen and oxygen atoms in total. The topological polar surface area (TPSA) is 41.8 Å². The maximum atomic E-state index is 13.3. The van der Waals surface area contributed by atoms with Crippen LogP contribution in [0.5, 0.6) is 0 Å². The minimum atomic E-state index is -0.834. The Morgan fingerprint density at radius 1 is 0.950 bits per heavy atom. The predicted octanol–water partition coefficient (Wildman–Crippen LogP) is 3.61. The number of halogens is 2. The van der Waals surface area contributed by atoms with Crippen LogP contribution in [0.2, 0.25) is 0 Å². The van der Waals surface area contributed by atoms with E-state index in [9.17, 15) is 8.78 Å². The summed E-state index contributed by atoms with van der Waals surface area (Å²) >= 11 is 0. The normalized spacial score (nSPS) is 11.2. The highest BCUT2D eigenvalue weighted by Crippen LogP contribution is 2.27. The van der Waals surface area contributed by atoms with Crippen LogP contribution in [0, 0.1) is 11.6 Å². The largest absolute Gasteiger partial charge is 0.361 e. The van der Waals surface area contributed by atoms with Gasteiger partial charge in [-0.1, -0.05) is 12.1 Å². The van der Waals surface area contributed by atoms with Gasteiger partial charge in [0.2, 0.25) is 0 Å². The van der Waals surface area contributed by atoms with Crippen LogP contribution < -0.4 is 5.73 Å². The minimum Gasteiger partial charge on any atom is -0.361 e. The average molecular weight is 272 g/mol. The summed E-state index contributed by atoms with van der Waals surface area (Å²) in [5, 5.41) is 1.07. The molecule has 0 aliphatic rings. The summed E-state index contributed by atoms with van der Waals surface area (Å²) in [6.45, 7) is 0.572. The lowest BCUT2D eigenvalue weighted by molar-refractivity contribution is 0.509. The summed E-state index contributed by atoms with van der Waals surface area (Å²) < 4.78 is 26.3. The number of hydrogen-bond donors (Lipinski definition) is 2. The van der Waals surface area contributed by atoms with Crippen molar-refractivity contribution in [1.29, 1.82) is 0 Å². The van der Waals surface area contributed by atoms with E-state index in [0.717, 1.165) is 34.5 Å². The molecule has 1 aromatic heterocycles. The van der Waals surface area contributed by atoms with Crippen LogP contribution in [0.4, 0.5) is 8.78 Å². The van der Waals surface area contributed by atoms with E-state index in [1.54, 1.807) is 6.07 Å². The first-order chi connectivity index (χ1) is 9.69. The number of benzene rings is 2. The number of fused-ring (bicyclic) bond motifs is 1. The van der Waals surface area contributed by atoms with E-state index in [1.165, 1.54) is 6.07 Å². The van der Waals surface area contributed by atoms with Gasteiger partial charge in [-0.2, -0.15) is 0 Å². The summed E-state index contributed by atoms with van der Waals surface area (Å²) in [6, 6.07) is 9.74. The van der Waals surface area contributed by atoms with E-state index in [-0.39, 0.29) is 0 Å². The minimum absolute atomic E-state index is 0.572. The van der Waals surface area contributed by atoms with Gasteiger partial charge in [0.25, 0.3) is 0 Å². The first-order valence-corrected chi connectivity index (χ1v) is 6.44. The summed E-state index contributed by atoms with van der Waals surface area (Å²) in [4.78, 5) is 3.18. The molecule has 0 saturated heterocycles. The average Bonchev–Trinajstić information content (AvgIpc) is 2.85. The number of hydrogen-bond acceptors (Lipinski definition) is 1. The second-order valence-electron chi connectivity index (χ2n) is 4.74. The Hall–Kier alpha value is -2.20. The van der Waals surface area contributed by atoms with E-state index >= 15 is 0 Å². The van der Waals surface area contributed by atoms with Gasteiger partial charge in [-0.3, -0.25) is 0 Å². The van der Waals surface area contributed by atoms with Crippen molar-refractivity contribution in [3.63, 3.8) is 0 Å². The maximum Gasteiger partial charge on any atom is 0.159 e. The monoisotopic (exact) mass is 272 g/mol. The number of nitrogens with one attached hydrogen (secondary N) is 1. The standard InChI is InChI=1S/C16H14F2N2/c17-14-3-1-11(8-15(14)18)10-2-4-16-13(7-10)12(5-6-19)9-20-16/h1-4,7-9,20H,5-6,19H2. The van der Waals surface area contributed by atoms with E-state index in [2.05, 4.69) is 4.98 Å². The van der Waals surface area contributed by atoms with Crippen LogP contribution in [0.1, 0.15) is 5.56 Å². The van der Waals surface area contributed by atoms with Gasteiger partial charge in [0.1, 0.15) is 0 Å². The van der Waals surface area contributed by atoms with Crippen LogP contribution in [0.25, 0.3) is 22.0 Å². The fourth-order valence-corrected chi connectivity index (χ4v) is 2.40. The summed E-state index contributed by atoms with van der Waals surface area (Å²) in [7, 11) is 0. The Balaban J connectivity index is 2.11. The summed E-state index contributed by atoms with van der Waals surface area (Å²) in [5.74, 6) is -1.67. The first-order valence-electron chi connectivity index (χ1n) is 6.44. The first kappa shape index (κ1) is 12.8. The molecule has 0 amide bonds. The van der Waals surface area contributed by atoms with Crippen molar-refractivity contribution in [2.75, 3.05) is 6.54 Å². The molecule has 3 rings (SSSR count). The molecule has 0 atom stereocenters. The van der Waals surface area contributed by atoms with Crippen molar-refractivity contribution < 1.29 is 8.78 Å². The molecular weight excluding hydrogens is 258 g/mol. The van der Waals surface area contributed by atoms with Gasteiger partial charge >= 0.3 is 0 Å². The lowest BCUT2D eigenvalue weighted by Gasteiger charge is -2.04. The molecule has 2 aromatic carbocycles. The van der Waals surface area contributed by atoms with Crippen molar-refractivity contribution in [3.05, 3.63) is 59.8 Å². The SMILES string of the molecule is NCCc1c[nH]c2ccc(-c3ccc(F)c(F)c3)cc12. The summed E-state index contributed by atoms with van der Waals surface area (Å²) in [5.41, 5.74) is 9.25. The number of rotatable bonds is 3. The quantitative estimate of drug-likeness (QED) is 0.751. The number of aromatic nitrogens is 1. The van der Waals surface area contributed by atoms with Crippen LogP contribution >= 0.6 is 0 Å². The van der Waals surface area contributed by atoms with Gasteiger partial charge in [0.05, 0.1) is 0 Å². The van der Waals surface area contributed by atoms with E-state index in [4.69, 9.17) is 5.73 Å². The highest BCUT2D eigenvalue weighted by Gasteiger charge is 2.08. The highest BCUT2D eigenvalue weighted by molar-refractivity contribution is 5.88. The Morgan fingerprint density at radius 2 is 1.70 bits per heavy atom. The second kappa shape index (κ2) is 5.06. The molecule has 0 bridgehead atoms. The molecule has 0 spiro atoms. The molecule has 3 aromatic rings. The van der Waals surface area contributed by atoms with Gasteiger partial charge in [-0.05, 0) is 53.9 Å². The van der Waals surface area contributed by atoms with Crippen LogP contribution in [0.15, 0.2) is 42.6 Å². The van der Waals surface area contributed by atoms with Gasteiger partial charge in [-0.25, -0.2) is 8.78 Å². The molecule has 0 saturated carbocycles. The summed E-state index contributed by atoms with van der Waals surface area (Å²) in [6.07, 6.45) is 2.72. The highest BCUT2D eigenvalue weighted by atomic mass is 19.2. The third-order valence-electron chi connectivity index (χ3n) is 3.43. The van der Waals surface area contributed by atoms with Crippen LogP contribution in [-0.4, -0.2) is 11.5 Å². The Kier molecular flexibility index (Phi) is 3.24. The Morgan fingerprint density at radius 3 is 2.45 bits per heavy atom. The van der Waals surface area contributed by atoms with Crippen molar-refractivity contribution in [2.45, 2.75) is 6.42 Å². The van der Waals surface area contributed by atoms with Gasteiger partial charge in [-0.15, -0.1) is 0 Å². The molecular formula is C16H14F2N2. The lowest BCUT2D eigenvalue weighted by atomic mass is 10.0. The van der Waals surface area contributed by atoms with Gasteiger partial charge in [0, 0.05) is 17.1 Å². The molecule has 1 heterocycles. The molecule has 0 unspecified atom stereocenters. The zero-order valence-electron chi connectivity index (χ0n) is 10.8. The van der Waals surface area contributed by atoms with Gasteiger partial charge < -0.3 is 10.7 Å². The molecule has 3 N–H and O–H groups in total. The van der Waals surface area contributed by atoms with E-state index in [0.29, 0.717) is 12.1 Å². The van der Waals surface area contributed by atoms with Crippen molar-refractivity contribution in [2.24, 2.45) is 5.73 Å². The fourth-order valence-electron chi connectivity index (χ4n) is 2.40. The van der Waals surface area contributed by atoms with E-state index in [1.807, 2.05) is 24.4 Å². The third kappa shape index (κ3) is 2.18. The molecule has 0 radical (unpaired) electrons. The van der Waals surface area contributed by atoms with Crippen molar-refractivity contribution in [3.8, 4) is 11.1 Å². The van der Waals surface area contributed by atoms with E-state index < -0.39 is 11.6 Å². The predicted molar refractivity (Wildman–Crippen MR) is 76.4 cm³/mol. The lowest BCUT2D eigenvalue weighted by Crippen LogP contribution is -2.01. The molecule has 0 aliphatic heterocycles.